The van der Waals surface area contributed by atoms with Gasteiger partial charge in [0.25, 0.3) is 0 Å². The van der Waals surface area contributed by atoms with E-state index in [0.29, 0.717) is 11.3 Å². The van der Waals surface area contributed by atoms with Crippen LogP contribution in [0.1, 0.15) is 22.8 Å². The van der Waals surface area contributed by atoms with E-state index in [1.807, 2.05) is 37.3 Å². The Labute approximate surface area is 140 Å². The fraction of sp³-hybridized carbons (Fsp3) is 0.222. The maximum atomic E-state index is 12.3. The Morgan fingerprint density at radius 1 is 1.09 bits per heavy atom. The number of hydrogen-bond donors (Lipinski definition) is 1. The zero-order chi connectivity index (χ0) is 16.7. The Bertz CT molecular complexity index is 673. The number of hydrogen-bond acceptors (Lipinski definition) is 4. The van der Waals surface area contributed by atoms with E-state index in [0.717, 1.165) is 5.75 Å². The van der Waals surface area contributed by atoms with Gasteiger partial charge in [-0.15, -0.1) is 11.8 Å². The second-order valence-electron chi connectivity index (χ2n) is 4.97. The van der Waals surface area contributed by atoms with Gasteiger partial charge in [-0.3, -0.25) is 4.79 Å². The molecule has 0 spiro atoms. The van der Waals surface area contributed by atoms with Gasteiger partial charge in [0.1, 0.15) is 0 Å². The van der Waals surface area contributed by atoms with Crippen LogP contribution >= 0.6 is 11.8 Å². The molecule has 23 heavy (non-hydrogen) atoms. The maximum absolute atomic E-state index is 12.3. The number of methoxy groups -OCH3 is 1. The summed E-state index contributed by atoms with van der Waals surface area (Å²) < 4.78 is 4.73. The molecule has 2 aromatic rings. The van der Waals surface area contributed by atoms with Crippen LogP contribution in [0.3, 0.4) is 0 Å². The molecule has 0 fully saturated rings. The van der Waals surface area contributed by atoms with E-state index in [9.17, 15) is 9.59 Å². The molecule has 0 saturated carbocycles. The normalized spacial score (nSPS) is 11.6. The predicted octanol–water partition coefficient (Wildman–Crippen LogP) is 3.73. The molecule has 0 bridgehead atoms. The molecule has 0 saturated heterocycles. The summed E-state index contributed by atoms with van der Waals surface area (Å²) in [7, 11) is 1.32. The summed E-state index contributed by atoms with van der Waals surface area (Å²) in [5, 5.41) is 2.57. The molecular weight excluding hydrogens is 310 g/mol. The summed E-state index contributed by atoms with van der Waals surface area (Å²) in [6, 6.07) is 16.8. The lowest BCUT2D eigenvalue weighted by molar-refractivity contribution is -0.115. The van der Waals surface area contributed by atoms with E-state index in [2.05, 4.69) is 5.32 Å². The van der Waals surface area contributed by atoms with Crippen molar-refractivity contribution in [2.45, 2.75) is 17.9 Å². The second-order valence-corrected chi connectivity index (χ2v) is 6.29. The van der Waals surface area contributed by atoms with Crippen LogP contribution in [0.25, 0.3) is 0 Å². The molecule has 1 N–H and O–H groups in total. The number of thioether (sulfide) groups is 1. The lowest BCUT2D eigenvalue weighted by atomic mass is 10.2. The number of anilines is 1. The topological polar surface area (TPSA) is 55.4 Å². The van der Waals surface area contributed by atoms with E-state index >= 15 is 0 Å². The summed E-state index contributed by atoms with van der Waals surface area (Å²) in [6.07, 6.45) is 0. The van der Waals surface area contributed by atoms with Crippen molar-refractivity contribution in [3.05, 3.63) is 65.7 Å². The van der Waals surface area contributed by atoms with E-state index in [4.69, 9.17) is 4.74 Å². The standard InChI is InChI=1S/C18H19NO3S/c1-13(23-12-14-8-4-3-5-9-14)17(20)19-16-11-7-6-10-15(16)18(21)22-2/h3-11,13H,12H2,1-2H3,(H,19,20)/t13-/m1/s1. The number of benzene rings is 2. The number of para-hydroxylation sites is 1. The van der Waals surface area contributed by atoms with Gasteiger partial charge in [0.2, 0.25) is 5.91 Å². The lowest BCUT2D eigenvalue weighted by Crippen LogP contribution is -2.24. The quantitative estimate of drug-likeness (QED) is 0.820. The third-order valence-electron chi connectivity index (χ3n) is 3.30. The van der Waals surface area contributed by atoms with Crippen LogP contribution in [0, 0.1) is 0 Å². The van der Waals surface area contributed by atoms with Gasteiger partial charge in [0.05, 0.1) is 23.6 Å². The number of carbonyl (C=O) groups is 2. The summed E-state index contributed by atoms with van der Waals surface area (Å²) in [4.78, 5) is 24.0. The monoisotopic (exact) mass is 329 g/mol. The molecule has 0 radical (unpaired) electrons. The van der Waals surface area contributed by atoms with Gasteiger partial charge in [-0.1, -0.05) is 42.5 Å². The van der Waals surface area contributed by atoms with Crippen LogP contribution in [0.4, 0.5) is 5.69 Å². The molecule has 0 aliphatic rings. The van der Waals surface area contributed by atoms with Crippen molar-refractivity contribution in [3.63, 3.8) is 0 Å². The van der Waals surface area contributed by atoms with Crippen molar-refractivity contribution < 1.29 is 14.3 Å². The number of carbonyl (C=O) groups excluding carboxylic acids is 2. The Morgan fingerprint density at radius 3 is 2.43 bits per heavy atom. The molecule has 5 heteroatoms. The molecule has 0 aromatic heterocycles. The first-order valence-electron chi connectivity index (χ1n) is 7.25. The fourth-order valence-electron chi connectivity index (χ4n) is 1.99. The summed E-state index contributed by atoms with van der Waals surface area (Å²) in [6.45, 7) is 1.85. The van der Waals surface area contributed by atoms with E-state index in [1.165, 1.54) is 12.7 Å². The second kappa shape index (κ2) is 8.39. The van der Waals surface area contributed by atoms with Gasteiger partial charge in [0.15, 0.2) is 0 Å². The van der Waals surface area contributed by atoms with Gasteiger partial charge in [0, 0.05) is 5.75 Å². The lowest BCUT2D eigenvalue weighted by Gasteiger charge is -2.14. The van der Waals surface area contributed by atoms with Crippen molar-refractivity contribution in [1.29, 1.82) is 0 Å². The highest BCUT2D eigenvalue weighted by atomic mass is 32.2. The molecule has 120 valence electrons. The zero-order valence-electron chi connectivity index (χ0n) is 13.1. The number of esters is 1. The Morgan fingerprint density at radius 2 is 1.74 bits per heavy atom. The smallest absolute Gasteiger partial charge is 0.339 e. The van der Waals surface area contributed by atoms with Gasteiger partial charge >= 0.3 is 5.97 Å². The van der Waals surface area contributed by atoms with Crippen LogP contribution in [-0.4, -0.2) is 24.2 Å². The minimum atomic E-state index is -0.467. The number of ether oxygens (including phenoxy) is 1. The first-order chi connectivity index (χ1) is 11.1. The van der Waals surface area contributed by atoms with Gasteiger partial charge in [-0.05, 0) is 24.6 Å². The van der Waals surface area contributed by atoms with E-state index < -0.39 is 5.97 Å². The third kappa shape index (κ3) is 4.86. The first-order valence-corrected chi connectivity index (χ1v) is 8.30. The molecular formula is C18H19NO3S. The Kier molecular flexibility index (Phi) is 6.23. The van der Waals surface area contributed by atoms with Crippen LogP contribution in [0.15, 0.2) is 54.6 Å². The molecule has 2 aromatic carbocycles. The largest absolute Gasteiger partial charge is 0.465 e. The Balaban J connectivity index is 1.97. The minimum Gasteiger partial charge on any atom is -0.465 e. The fourth-order valence-corrected chi connectivity index (χ4v) is 2.83. The number of nitrogens with one attached hydrogen (secondary N) is 1. The van der Waals surface area contributed by atoms with E-state index in [-0.39, 0.29) is 11.2 Å². The summed E-state index contributed by atoms with van der Waals surface area (Å²) in [5.74, 6) is 0.154. The maximum Gasteiger partial charge on any atom is 0.339 e. The Hall–Kier alpha value is -2.27. The van der Waals surface area contributed by atoms with Crippen LogP contribution in [-0.2, 0) is 15.3 Å². The molecule has 0 heterocycles. The minimum absolute atomic E-state index is 0.137. The number of amides is 1. The van der Waals surface area contributed by atoms with Crippen molar-refractivity contribution >= 4 is 29.3 Å². The highest BCUT2D eigenvalue weighted by molar-refractivity contribution is 7.99. The average molecular weight is 329 g/mol. The van der Waals surface area contributed by atoms with Crippen LogP contribution in [0.5, 0.6) is 0 Å². The van der Waals surface area contributed by atoms with Crippen LogP contribution < -0.4 is 5.32 Å². The first kappa shape index (κ1) is 17.1. The van der Waals surface area contributed by atoms with E-state index in [1.54, 1.807) is 36.0 Å². The molecule has 1 atom stereocenters. The highest BCUT2D eigenvalue weighted by Gasteiger charge is 2.17. The van der Waals surface area contributed by atoms with Crippen molar-refractivity contribution in [2.75, 3.05) is 12.4 Å². The van der Waals surface area contributed by atoms with Gasteiger partial charge < -0.3 is 10.1 Å². The molecule has 0 unspecified atom stereocenters. The highest BCUT2D eigenvalue weighted by Crippen LogP contribution is 2.21. The predicted molar refractivity (Wildman–Crippen MR) is 93.6 cm³/mol. The van der Waals surface area contributed by atoms with Crippen molar-refractivity contribution in [3.8, 4) is 0 Å². The summed E-state index contributed by atoms with van der Waals surface area (Å²) >= 11 is 1.55. The number of rotatable bonds is 6. The van der Waals surface area contributed by atoms with Gasteiger partial charge in [-0.25, -0.2) is 4.79 Å². The van der Waals surface area contributed by atoms with Crippen molar-refractivity contribution in [1.82, 2.24) is 0 Å². The van der Waals surface area contributed by atoms with Crippen molar-refractivity contribution in [2.24, 2.45) is 0 Å². The molecule has 2 rings (SSSR count). The zero-order valence-corrected chi connectivity index (χ0v) is 13.9. The molecule has 4 nitrogen and oxygen atoms in total. The molecule has 0 aliphatic heterocycles. The van der Waals surface area contributed by atoms with Crippen LogP contribution in [0.2, 0.25) is 0 Å². The average Bonchev–Trinajstić information content (AvgIpc) is 2.60. The summed E-state index contributed by atoms with van der Waals surface area (Å²) in [5.41, 5.74) is 1.99. The molecule has 0 aliphatic carbocycles. The molecule has 1 amide bonds. The van der Waals surface area contributed by atoms with Gasteiger partial charge in [-0.2, -0.15) is 0 Å². The SMILES string of the molecule is COC(=O)c1ccccc1NC(=O)[C@@H](C)SCc1ccccc1. The third-order valence-corrected chi connectivity index (χ3v) is 4.52.